The molecule has 0 unspecified atom stereocenters. The van der Waals surface area contributed by atoms with Gasteiger partial charge in [-0.3, -0.25) is 4.79 Å². The van der Waals surface area contributed by atoms with Crippen LogP contribution in [0.25, 0.3) is 0 Å². The monoisotopic (exact) mass is 335 g/mol. The first-order chi connectivity index (χ1) is 10.6. The SMILES string of the molecule is O=C(COc1ccc(Cl)cc1Cl)NC1(c2ccccc2)CC1. The zero-order chi connectivity index (χ0) is 15.6. The van der Waals surface area contributed by atoms with Gasteiger partial charge in [-0.1, -0.05) is 53.5 Å². The molecular weight excluding hydrogens is 321 g/mol. The van der Waals surface area contributed by atoms with Crippen molar-refractivity contribution in [3.63, 3.8) is 0 Å². The van der Waals surface area contributed by atoms with Crippen molar-refractivity contribution in [3.8, 4) is 5.75 Å². The predicted octanol–water partition coefficient (Wildman–Crippen LogP) is 4.18. The summed E-state index contributed by atoms with van der Waals surface area (Å²) in [5.41, 5.74) is 0.902. The molecule has 1 fully saturated rings. The van der Waals surface area contributed by atoms with Crippen LogP contribution in [0.4, 0.5) is 0 Å². The molecule has 1 N–H and O–H groups in total. The molecule has 0 saturated heterocycles. The van der Waals surface area contributed by atoms with Crippen LogP contribution in [0.5, 0.6) is 5.75 Å². The fourth-order valence-electron chi connectivity index (χ4n) is 2.41. The lowest BCUT2D eigenvalue weighted by Crippen LogP contribution is -2.38. The van der Waals surface area contributed by atoms with Crippen molar-refractivity contribution in [1.82, 2.24) is 5.32 Å². The Balaban J connectivity index is 1.59. The van der Waals surface area contributed by atoms with Gasteiger partial charge in [0.15, 0.2) is 6.61 Å². The Morgan fingerprint density at radius 3 is 2.50 bits per heavy atom. The largest absolute Gasteiger partial charge is 0.482 e. The zero-order valence-electron chi connectivity index (χ0n) is 11.8. The summed E-state index contributed by atoms with van der Waals surface area (Å²) in [5.74, 6) is 0.290. The molecule has 1 amide bonds. The number of hydrogen-bond donors (Lipinski definition) is 1. The second-order valence-electron chi connectivity index (χ2n) is 5.36. The van der Waals surface area contributed by atoms with Crippen LogP contribution in [0.15, 0.2) is 48.5 Å². The van der Waals surface area contributed by atoms with E-state index in [1.807, 2.05) is 30.3 Å². The third-order valence-corrected chi connectivity index (χ3v) is 4.24. The summed E-state index contributed by atoms with van der Waals surface area (Å²) >= 11 is 11.8. The maximum Gasteiger partial charge on any atom is 0.258 e. The molecular formula is C17H15Cl2NO2. The molecule has 0 atom stereocenters. The molecule has 0 aromatic heterocycles. The normalized spacial score (nSPS) is 15.2. The van der Waals surface area contributed by atoms with Crippen molar-refractivity contribution < 1.29 is 9.53 Å². The highest BCUT2D eigenvalue weighted by atomic mass is 35.5. The van der Waals surface area contributed by atoms with Crippen molar-refractivity contribution in [2.45, 2.75) is 18.4 Å². The van der Waals surface area contributed by atoms with Crippen LogP contribution in [-0.4, -0.2) is 12.5 Å². The van der Waals surface area contributed by atoms with Gasteiger partial charge in [-0.15, -0.1) is 0 Å². The number of nitrogens with one attached hydrogen (secondary N) is 1. The molecule has 1 saturated carbocycles. The summed E-state index contributed by atoms with van der Waals surface area (Å²) in [6.45, 7) is -0.0735. The lowest BCUT2D eigenvalue weighted by molar-refractivity contribution is -0.124. The number of hydrogen-bond acceptors (Lipinski definition) is 2. The average Bonchev–Trinajstić information content (AvgIpc) is 3.28. The molecule has 22 heavy (non-hydrogen) atoms. The fraction of sp³-hybridized carbons (Fsp3) is 0.235. The van der Waals surface area contributed by atoms with Crippen molar-refractivity contribution in [3.05, 3.63) is 64.1 Å². The molecule has 3 nitrogen and oxygen atoms in total. The number of carbonyl (C=O) groups excluding carboxylic acids is 1. The molecule has 0 spiro atoms. The van der Waals surface area contributed by atoms with E-state index in [2.05, 4.69) is 5.32 Å². The molecule has 0 heterocycles. The molecule has 0 aliphatic heterocycles. The summed E-state index contributed by atoms with van der Waals surface area (Å²) in [5, 5.41) is 3.98. The number of halogens is 2. The maximum absolute atomic E-state index is 12.1. The molecule has 5 heteroatoms. The van der Waals surface area contributed by atoms with E-state index in [0.717, 1.165) is 18.4 Å². The van der Waals surface area contributed by atoms with Crippen LogP contribution in [0.1, 0.15) is 18.4 Å². The first kappa shape index (κ1) is 15.2. The van der Waals surface area contributed by atoms with Gasteiger partial charge in [-0.05, 0) is 36.6 Å². The Bertz CT molecular complexity index is 684. The van der Waals surface area contributed by atoms with Gasteiger partial charge in [0, 0.05) is 5.02 Å². The minimum absolute atomic E-state index is 0.0735. The van der Waals surface area contributed by atoms with Gasteiger partial charge in [-0.25, -0.2) is 0 Å². The van der Waals surface area contributed by atoms with Gasteiger partial charge < -0.3 is 10.1 Å². The number of carbonyl (C=O) groups is 1. The van der Waals surface area contributed by atoms with Gasteiger partial charge in [-0.2, -0.15) is 0 Å². The topological polar surface area (TPSA) is 38.3 Å². The minimum atomic E-state index is -0.231. The van der Waals surface area contributed by atoms with E-state index in [0.29, 0.717) is 15.8 Å². The van der Waals surface area contributed by atoms with Crippen molar-refractivity contribution >= 4 is 29.1 Å². The van der Waals surface area contributed by atoms with Crippen LogP contribution < -0.4 is 10.1 Å². The van der Waals surface area contributed by atoms with Crippen LogP contribution >= 0.6 is 23.2 Å². The van der Waals surface area contributed by atoms with E-state index in [-0.39, 0.29) is 18.1 Å². The number of rotatable bonds is 5. The number of benzene rings is 2. The number of ether oxygens (including phenoxy) is 1. The second-order valence-corrected chi connectivity index (χ2v) is 6.20. The summed E-state index contributed by atoms with van der Waals surface area (Å²) in [6.07, 6.45) is 1.90. The number of amides is 1. The highest BCUT2D eigenvalue weighted by Gasteiger charge is 2.45. The summed E-state index contributed by atoms with van der Waals surface area (Å²) < 4.78 is 5.46. The summed E-state index contributed by atoms with van der Waals surface area (Å²) in [7, 11) is 0. The lowest BCUT2D eigenvalue weighted by atomic mass is 10.1. The fourth-order valence-corrected chi connectivity index (χ4v) is 2.87. The van der Waals surface area contributed by atoms with Gasteiger partial charge in [0.2, 0.25) is 0 Å². The Morgan fingerprint density at radius 2 is 1.86 bits per heavy atom. The molecule has 114 valence electrons. The van der Waals surface area contributed by atoms with E-state index in [9.17, 15) is 4.79 Å². The smallest absolute Gasteiger partial charge is 0.258 e. The second kappa shape index (κ2) is 6.19. The lowest BCUT2D eigenvalue weighted by Gasteiger charge is -2.18. The van der Waals surface area contributed by atoms with E-state index in [4.69, 9.17) is 27.9 Å². The Hall–Kier alpha value is -1.71. The van der Waals surface area contributed by atoms with E-state index in [1.165, 1.54) is 0 Å². The van der Waals surface area contributed by atoms with Gasteiger partial charge in [0.25, 0.3) is 5.91 Å². The highest BCUT2D eigenvalue weighted by Crippen LogP contribution is 2.45. The third-order valence-electron chi connectivity index (χ3n) is 3.71. The first-order valence-electron chi connectivity index (χ1n) is 7.03. The Morgan fingerprint density at radius 1 is 1.14 bits per heavy atom. The molecule has 1 aliphatic rings. The van der Waals surface area contributed by atoms with Gasteiger partial charge >= 0.3 is 0 Å². The van der Waals surface area contributed by atoms with Gasteiger partial charge in [0.05, 0.1) is 10.6 Å². The van der Waals surface area contributed by atoms with Crippen molar-refractivity contribution in [1.29, 1.82) is 0 Å². The Kier molecular flexibility index (Phi) is 4.27. The molecule has 0 radical (unpaired) electrons. The molecule has 2 aromatic carbocycles. The van der Waals surface area contributed by atoms with E-state index in [1.54, 1.807) is 18.2 Å². The van der Waals surface area contributed by atoms with Crippen LogP contribution in [0.3, 0.4) is 0 Å². The van der Waals surface area contributed by atoms with Crippen molar-refractivity contribution in [2.75, 3.05) is 6.61 Å². The van der Waals surface area contributed by atoms with E-state index < -0.39 is 0 Å². The predicted molar refractivity (Wildman–Crippen MR) is 87.5 cm³/mol. The van der Waals surface area contributed by atoms with Gasteiger partial charge in [0.1, 0.15) is 5.75 Å². The quantitative estimate of drug-likeness (QED) is 0.890. The highest BCUT2D eigenvalue weighted by molar-refractivity contribution is 6.35. The molecule has 0 bridgehead atoms. The first-order valence-corrected chi connectivity index (χ1v) is 7.79. The third kappa shape index (κ3) is 3.37. The van der Waals surface area contributed by atoms with E-state index >= 15 is 0 Å². The van der Waals surface area contributed by atoms with Crippen LogP contribution in [0, 0.1) is 0 Å². The van der Waals surface area contributed by atoms with Crippen LogP contribution in [0.2, 0.25) is 10.0 Å². The molecule has 2 aromatic rings. The molecule has 3 rings (SSSR count). The Labute approximate surface area is 139 Å². The van der Waals surface area contributed by atoms with Crippen LogP contribution in [-0.2, 0) is 10.3 Å². The summed E-state index contributed by atoms with van der Waals surface area (Å²) in [4.78, 5) is 12.1. The minimum Gasteiger partial charge on any atom is -0.482 e. The maximum atomic E-state index is 12.1. The summed E-state index contributed by atoms with van der Waals surface area (Å²) in [6, 6.07) is 14.9. The zero-order valence-corrected chi connectivity index (χ0v) is 13.3. The molecule has 1 aliphatic carbocycles. The average molecular weight is 336 g/mol. The standard InChI is InChI=1S/C17H15Cl2NO2/c18-13-6-7-15(14(19)10-13)22-11-16(21)20-17(8-9-17)12-4-2-1-3-5-12/h1-7,10H,8-9,11H2,(H,20,21). The van der Waals surface area contributed by atoms with Crippen molar-refractivity contribution in [2.24, 2.45) is 0 Å².